The first-order valence-corrected chi connectivity index (χ1v) is 9.59. The molecule has 1 saturated heterocycles. The number of H-pyrrole nitrogens is 1. The fourth-order valence-corrected chi connectivity index (χ4v) is 3.41. The average Bonchev–Trinajstić information content (AvgIpc) is 2.96. The monoisotopic (exact) mass is 390 g/mol. The summed E-state index contributed by atoms with van der Waals surface area (Å²) in [5, 5.41) is 2.77. The molecule has 154 valence electrons. The van der Waals surface area contributed by atoms with Gasteiger partial charge in [0.15, 0.2) is 5.78 Å². The molecular formula is C20H30N4O4. The molecule has 0 bridgehead atoms. The molecule has 1 amide bonds. The smallest absolute Gasteiger partial charge is 0.355 e. The predicted octanol–water partition coefficient (Wildman–Crippen LogP) is 0.911. The van der Waals surface area contributed by atoms with Gasteiger partial charge in [-0.25, -0.2) is 4.79 Å². The van der Waals surface area contributed by atoms with E-state index < -0.39 is 5.97 Å². The molecule has 2 N–H and O–H groups in total. The number of ketones is 1. The van der Waals surface area contributed by atoms with Crippen molar-refractivity contribution in [2.75, 3.05) is 52.4 Å². The molecule has 0 radical (unpaired) electrons. The quantitative estimate of drug-likeness (QED) is 0.370. The molecule has 0 aromatic carbocycles. The first-order valence-electron chi connectivity index (χ1n) is 9.59. The number of carbonyl (C=O) groups excluding carboxylic acids is 3. The molecule has 1 fully saturated rings. The molecule has 1 aromatic rings. The van der Waals surface area contributed by atoms with E-state index in [1.54, 1.807) is 26.8 Å². The third-order valence-corrected chi connectivity index (χ3v) is 4.84. The maximum absolute atomic E-state index is 12.8. The molecule has 1 aromatic heterocycles. The van der Waals surface area contributed by atoms with Crippen LogP contribution in [0.3, 0.4) is 0 Å². The van der Waals surface area contributed by atoms with Gasteiger partial charge < -0.3 is 15.0 Å². The van der Waals surface area contributed by atoms with E-state index in [1.807, 2.05) is 0 Å². The number of rotatable bonds is 9. The molecule has 0 spiro atoms. The van der Waals surface area contributed by atoms with Crippen molar-refractivity contribution in [2.45, 2.75) is 20.8 Å². The Hall–Kier alpha value is -2.45. The van der Waals surface area contributed by atoms with Crippen LogP contribution in [0.15, 0.2) is 12.7 Å². The van der Waals surface area contributed by atoms with E-state index in [1.165, 1.54) is 0 Å². The first kappa shape index (κ1) is 21.8. The van der Waals surface area contributed by atoms with Gasteiger partial charge in [0.2, 0.25) is 5.91 Å². The van der Waals surface area contributed by atoms with E-state index >= 15 is 0 Å². The van der Waals surface area contributed by atoms with Gasteiger partial charge in [0.25, 0.3) is 0 Å². The number of esters is 1. The van der Waals surface area contributed by atoms with E-state index in [0.29, 0.717) is 48.7 Å². The summed E-state index contributed by atoms with van der Waals surface area (Å²) < 4.78 is 5.04. The van der Waals surface area contributed by atoms with Crippen molar-refractivity contribution in [1.82, 2.24) is 20.1 Å². The summed E-state index contributed by atoms with van der Waals surface area (Å²) in [5.41, 5.74) is 2.23. The number of nitrogens with zero attached hydrogens (tertiary/aromatic N) is 2. The van der Waals surface area contributed by atoms with Gasteiger partial charge in [-0.05, 0) is 26.3 Å². The van der Waals surface area contributed by atoms with Gasteiger partial charge in [-0.1, -0.05) is 6.08 Å². The predicted molar refractivity (Wildman–Crippen MR) is 107 cm³/mol. The summed E-state index contributed by atoms with van der Waals surface area (Å²) in [4.78, 5) is 43.8. The van der Waals surface area contributed by atoms with Crippen LogP contribution in [-0.2, 0) is 9.53 Å². The summed E-state index contributed by atoms with van der Waals surface area (Å²) in [7, 11) is 0. The van der Waals surface area contributed by atoms with Crippen LogP contribution in [0.1, 0.15) is 39.0 Å². The van der Waals surface area contributed by atoms with Gasteiger partial charge in [0, 0.05) is 44.0 Å². The fraction of sp³-hybridized carbons (Fsp3) is 0.550. The van der Waals surface area contributed by atoms with Crippen LogP contribution < -0.4 is 5.32 Å². The zero-order valence-electron chi connectivity index (χ0n) is 17.0. The second kappa shape index (κ2) is 10.2. The Kier molecular flexibility index (Phi) is 7.95. The third-order valence-electron chi connectivity index (χ3n) is 4.84. The number of aromatic nitrogens is 1. The van der Waals surface area contributed by atoms with E-state index in [4.69, 9.17) is 4.74 Å². The van der Waals surface area contributed by atoms with Gasteiger partial charge in [-0.2, -0.15) is 0 Å². The molecule has 0 saturated carbocycles. The van der Waals surface area contributed by atoms with Crippen molar-refractivity contribution in [1.29, 1.82) is 0 Å². The summed E-state index contributed by atoms with van der Waals surface area (Å²) in [6, 6.07) is 0. The van der Waals surface area contributed by atoms with Crippen LogP contribution in [-0.4, -0.2) is 84.9 Å². The number of aromatic amines is 1. The number of amides is 1. The summed E-state index contributed by atoms with van der Waals surface area (Å²) in [6.07, 6.45) is 1.65. The van der Waals surface area contributed by atoms with Gasteiger partial charge in [0.05, 0.1) is 19.7 Å². The summed E-state index contributed by atoms with van der Waals surface area (Å²) >= 11 is 0. The van der Waals surface area contributed by atoms with E-state index in [0.717, 1.165) is 13.1 Å². The van der Waals surface area contributed by atoms with Gasteiger partial charge in [-0.3, -0.25) is 19.4 Å². The molecule has 0 aliphatic carbocycles. The number of ether oxygens (including phenoxy) is 1. The molecule has 1 aliphatic heterocycles. The number of aryl methyl sites for hydroxylation is 1. The van der Waals surface area contributed by atoms with Crippen LogP contribution in [0.4, 0.5) is 0 Å². The summed E-state index contributed by atoms with van der Waals surface area (Å²) in [5.74, 6) is -0.473. The van der Waals surface area contributed by atoms with E-state index in [9.17, 15) is 14.4 Å². The Morgan fingerprint density at radius 1 is 1.14 bits per heavy atom. The maximum atomic E-state index is 12.8. The lowest BCUT2D eigenvalue weighted by Gasteiger charge is -2.33. The number of Topliss-reactive ketones (excluding diaryl/α,β-unsaturated/α-hetero) is 1. The number of hydrogen-bond donors (Lipinski definition) is 2. The van der Waals surface area contributed by atoms with Crippen LogP contribution in [0.25, 0.3) is 0 Å². The topological polar surface area (TPSA) is 94.7 Å². The molecule has 0 atom stereocenters. The lowest BCUT2D eigenvalue weighted by Crippen LogP contribution is -2.50. The van der Waals surface area contributed by atoms with Crippen LogP contribution in [0.5, 0.6) is 0 Å². The first-order chi connectivity index (χ1) is 13.4. The van der Waals surface area contributed by atoms with Crippen LogP contribution >= 0.6 is 0 Å². The number of hydrogen-bond acceptors (Lipinski definition) is 6. The van der Waals surface area contributed by atoms with Crippen molar-refractivity contribution in [3.05, 3.63) is 35.2 Å². The SMILES string of the molecule is C=CCNC(=O)CN1CCN(CC(=O)c2c(C)[nH]c(C(=O)OCC)c2C)CC1. The molecule has 2 heterocycles. The van der Waals surface area contributed by atoms with Crippen molar-refractivity contribution >= 4 is 17.7 Å². The second-order valence-electron chi connectivity index (χ2n) is 6.91. The Labute approximate surface area is 165 Å². The number of carbonyl (C=O) groups is 3. The minimum Gasteiger partial charge on any atom is -0.461 e. The number of nitrogens with one attached hydrogen (secondary N) is 2. The largest absolute Gasteiger partial charge is 0.461 e. The maximum Gasteiger partial charge on any atom is 0.355 e. The van der Waals surface area contributed by atoms with Crippen molar-refractivity contribution < 1.29 is 19.1 Å². The van der Waals surface area contributed by atoms with Crippen molar-refractivity contribution in [2.24, 2.45) is 0 Å². The molecule has 1 aliphatic rings. The lowest BCUT2D eigenvalue weighted by atomic mass is 10.0. The van der Waals surface area contributed by atoms with Gasteiger partial charge in [0.1, 0.15) is 5.69 Å². The fourth-order valence-electron chi connectivity index (χ4n) is 3.41. The molecule has 8 heteroatoms. The van der Waals surface area contributed by atoms with Crippen LogP contribution in [0.2, 0.25) is 0 Å². The second-order valence-corrected chi connectivity index (χ2v) is 6.91. The Morgan fingerprint density at radius 3 is 2.32 bits per heavy atom. The zero-order chi connectivity index (χ0) is 20.7. The van der Waals surface area contributed by atoms with Crippen molar-refractivity contribution in [3.8, 4) is 0 Å². The van der Waals surface area contributed by atoms with E-state index in [-0.39, 0.29) is 24.8 Å². The standard InChI is InChI=1S/C20H30N4O4/c1-5-7-21-17(26)13-24-10-8-23(9-11-24)12-16(25)18-14(3)19(22-15(18)4)20(27)28-6-2/h5,22H,1,6-13H2,2-4H3,(H,21,26). The Morgan fingerprint density at radius 2 is 1.75 bits per heavy atom. The lowest BCUT2D eigenvalue weighted by molar-refractivity contribution is -0.122. The zero-order valence-corrected chi connectivity index (χ0v) is 17.0. The van der Waals surface area contributed by atoms with Crippen LogP contribution in [0, 0.1) is 13.8 Å². The highest BCUT2D eigenvalue weighted by molar-refractivity contribution is 6.03. The highest BCUT2D eigenvalue weighted by Crippen LogP contribution is 2.20. The Bertz CT molecular complexity index is 733. The number of piperazine rings is 1. The minimum absolute atomic E-state index is 0.0148. The third kappa shape index (κ3) is 5.53. The van der Waals surface area contributed by atoms with Crippen molar-refractivity contribution in [3.63, 3.8) is 0 Å². The molecule has 8 nitrogen and oxygen atoms in total. The molecule has 2 rings (SSSR count). The highest BCUT2D eigenvalue weighted by Gasteiger charge is 2.25. The van der Waals surface area contributed by atoms with Gasteiger partial charge in [-0.15, -0.1) is 6.58 Å². The summed E-state index contributed by atoms with van der Waals surface area (Å²) in [6.45, 7) is 13.2. The molecule has 28 heavy (non-hydrogen) atoms. The molecular weight excluding hydrogens is 360 g/mol. The molecule has 0 unspecified atom stereocenters. The Balaban J connectivity index is 1.90. The normalized spacial score (nSPS) is 15.2. The minimum atomic E-state index is -0.439. The van der Waals surface area contributed by atoms with Gasteiger partial charge >= 0.3 is 5.97 Å². The van der Waals surface area contributed by atoms with E-state index in [2.05, 4.69) is 26.7 Å². The average molecular weight is 390 g/mol. The highest BCUT2D eigenvalue weighted by atomic mass is 16.5.